The molecule has 0 unspecified atom stereocenters. The Bertz CT molecular complexity index is 893. The molecule has 0 spiro atoms. The average Bonchev–Trinajstić information content (AvgIpc) is 2.85. The van der Waals surface area contributed by atoms with Gasteiger partial charge in [0.25, 0.3) is 0 Å². The summed E-state index contributed by atoms with van der Waals surface area (Å²) in [5, 5.41) is 10.2. The number of hydrogen-bond donors (Lipinski definition) is 1. The van der Waals surface area contributed by atoms with Crippen LogP contribution in [0, 0.1) is 0 Å². The van der Waals surface area contributed by atoms with E-state index >= 15 is 0 Å². The SMILES string of the molecule is Oc1cccc(OCCCCCCc2ccccc2)c1OCCCCCCc1ccccc1. The maximum absolute atomic E-state index is 10.2. The van der Waals surface area contributed by atoms with E-state index < -0.39 is 0 Å². The average molecular weight is 447 g/mol. The van der Waals surface area contributed by atoms with Crippen molar-refractivity contribution in [2.75, 3.05) is 13.2 Å². The Balaban J connectivity index is 1.27. The van der Waals surface area contributed by atoms with Crippen LogP contribution in [0.25, 0.3) is 0 Å². The molecule has 0 heterocycles. The van der Waals surface area contributed by atoms with Crippen molar-refractivity contribution >= 4 is 0 Å². The van der Waals surface area contributed by atoms with E-state index in [1.54, 1.807) is 12.1 Å². The fourth-order valence-electron chi connectivity index (χ4n) is 3.98. The van der Waals surface area contributed by atoms with Gasteiger partial charge in [0, 0.05) is 0 Å². The van der Waals surface area contributed by atoms with E-state index in [1.165, 1.54) is 36.8 Å². The summed E-state index contributed by atoms with van der Waals surface area (Å²) < 4.78 is 11.8. The Morgan fingerprint density at radius 3 is 1.58 bits per heavy atom. The summed E-state index contributed by atoms with van der Waals surface area (Å²) in [7, 11) is 0. The van der Waals surface area contributed by atoms with Crippen molar-refractivity contribution in [3.05, 3.63) is 90.0 Å². The molecule has 176 valence electrons. The lowest BCUT2D eigenvalue weighted by Gasteiger charge is -2.14. The Morgan fingerprint density at radius 2 is 1.00 bits per heavy atom. The van der Waals surface area contributed by atoms with E-state index in [0.717, 1.165) is 38.5 Å². The van der Waals surface area contributed by atoms with E-state index in [0.29, 0.717) is 24.7 Å². The standard InChI is InChI=1S/C30H38O3/c31-28-22-15-23-29(32-24-13-3-1-7-16-26-18-9-5-10-19-26)30(28)33-25-14-4-2-8-17-27-20-11-6-12-21-27/h5-6,9-12,15,18-23,31H,1-4,7-8,13-14,16-17,24-25H2. The lowest BCUT2D eigenvalue weighted by molar-refractivity contribution is 0.249. The predicted octanol–water partition coefficient (Wildman–Crippen LogP) is 7.76. The molecule has 0 saturated carbocycles. The second-order valence-electron chi connectivity index (χ2n) is 8.60. The molecule has 0 radical (unpaired) electrons. The highest BCUT2D eigenvalue weighted by molar-refractivity contribution is 5.50. The summed E-state index contributed by atoms with van der Waals surface area (Å²) in [6.45, 7) is 1.24. The molecule has 0 atom stereocenters. The minimum absolute atomic E-state index is 0.152. The van der Waals surface area contributed by atoms with Gasteiger partial charge in [-0.05, 0) is 61.8 Å². The van der Waals surface area contributed by atoms with Crippen molar-refractivity contribution in [2.45, 2.75) is 64.2 Å². The molecule has 3 aromatic carbocycles. The van der Waals surface area contributed by atoms with Gasteiger partial charge in [-0.25, -0.2) is 0 Å². The number of unbranched alkanes of at least 4 members (excludes halogenated alkanes) is 6. The van der Waals surface area contributed by atoms with Crippen molar-refractivity contribution in [3.63, 3.8) is 0 Å². The monoisotopic (exact) mass is 446 g/mol. The number of para-hydroxylation sites is 1. The molecule has 0 aliphatic heterocycles. The summed E-state index contributed by atoms with van der Waals surface area (Å²) in [4.78, 5) is 0. The number of ether oxygens (including phenoxy) is 2. The largest absolute Gasteiger partial charge is 0.504 e. The van der Waals surface area contributed by atoms with Gasteiger partial charge in [0.05, 0.1) is 13.2 Å². The molecule has 0 amide bonds. The summed E-state index contributed by atoms with van der Waals surface area (Å²) >= 11 is 0. The molecular weight excluding hydrogens is 408 g/mol. The fourth-order valence-corrected chi connectivity index (χ4v) is 3.98. The van der Waals surface area contributed by atoms with Crippen LogP contribution < -0.4 is 9.47 Å². The lowest BCUT2D eigenvalue weighted by atomic mass is 10.1. The molecule has 3 rings (SSSR count). The Morgan fingerprint density at radius 1 is 0.485 bits per heavy atom. The first-order valence-electron chi connectivity index (χ1n) is 12.5. The molecule has 0 aliphatic carbocycles. The van der Waals surface area contributed by atoms with Crippen molar-refractivity contribution in [3.8, 4) is 17.2 Å². The minimum atomic E-state index is 0.152. The Hall–Kier alpha value is -2.94. The normalized spacial score (nSPS) is 10.8. The topological polar surface area (TPSA) is 38.7 Å². The van der Waals surface area contributed by atoms with Gasteiger partial charge in [0.15, 0.2) is 11.5 Å². The van der Waals surface area contributed by atoms with Crippen LogP contribution in [0.3, 0.4) is 0 Å². The third-order valence-electron chi connectivity index (χ3n) is 5.87. The van der Waals surface area contributed by atoms with Gasteiger partial charge in [0.2, 0.25) is 5.75 Å². The van der Waals surface area contributed by atoms with Crippen LogP contribution in [0.1, 0.15) is 62.5 Å². The minimum Gasteiger partial charge on any atom is -0.504 e. The van der Waals surface area contributed by atoms with Gasteiger partial charge in [0.1, 0.15) is 0 Å². The molecule has 0 saturated heterocycles. The fraction of sp³-hybridized carbons (Fsp3) is 0.400. The number of hydrogen-bond acceptors (Lipinski definition) is 3. The molecule has 3 nitrogen and oxygen atoms in total. The Labute approximate surface area is 199 Å². The third-order valence-corrected chi connectivity index (χ3v) is 5.87. The molecule has 0 aliphatic rings. The number of aryl methyl sites for hydroxylation is 2. The van der Waals surface area contributed by atoms with Crippen LogP contribution in [0.2, 0.25) is 0 Å². The van der Waals surface area contributed by atoms with Gasteiger partial charge in [-0.2, -0.15) is 0 Å². The smallest absolute Gasteiger partial charge is 0.203 e. The molecule has 1 N–H and O–H groups in total. The van der Waals surface area contributed by atoms with Crippen molar-refractivity contribution in [2.24, 2.45) is 0 Å². The first-order chi connectivity index (χ1) is 16.3. The summed E-state index contributed by atoms with van der Waals surface area (Å²) in [5.41, 5.74) is 2.81. The van der Waals surface area contributed by atoms with Crippen molar-refractivity contribution < 1.29 is 14.6 Å². The van der Waals surface area contributed by atoms with Crippen LogP contribution >= 0.6 is 0 Å². The lowest BCUT2D eigenvalue weighted by Crippen LogP contribution is -2.03. The highest BCUT2D eigenvalue weighted by Gasteiger charge is 2.10. The van der Waals surface area contributed by atoms with Gasteiger partial charge < -0.3 is 14.6 Å². The van der Waals surface area contributed by atoms with Crippen LogP contribution in [0.4, 0.5) is 0 Å². The molecule has 0 fully saturated rings. The zero-order chi connectivity index (χ0) is 23.0. The second kappa shape index (κ2) is 15.0. The van der Waals surface area contributed by atoms with Crippen LogP contribution in [0.5, 0.6) is 17.2 Å². The van der Waals surface area contributed by atoms with Gasteiger partial charge >= 0.3 is 0 Å². The van der Waals surface area contributed by atoms with Gasteiger partial charge in [-0.3, -0.25) is 0 Å². The highest BCUT2D eigenvalue weighted by atomic mass is 16.5. The van der Waals surface area contributed by atoms with Crippen molar-refractivity contribution in [1.82, 2.24) is 0 Å². The maximum Gasteiger partial charge on any atom is 0.203 e. The maximum atomic E-state index is 10.2. The second-order valence-corrected chi connectivity index (χ2v) is 8.60. The zero-order valence-electron chi connectivity index (χ0n) is 19.8. The van der Waals surface area contributed by atoms with Crippen molar-refractivity contribution in [1.29, 1.82) is 0 Å². The summed E-state index contributed by atoms with van der Waals surface area (Å²) in [6, 6.07) is 26.6. The van der Waals surface area contributed by atoms with Crippen LogP contribution in [-0.2, 0) is 12.8 Å². The predicted molar refractivity (Wildman–Crippen MR) is 136 cm³/mol. The Kier molecular flexibility index (Phi) is 11.2. The zero-order valence-corrected chi connectivity index (χ0v) is 19.8. The summed E-state index contributed by atoms with van der Waals surface area (Å²) in [6.07, 6.45) is 11.3. The molecule has 0 bridgehead atoms. The molecule has 3 heteroatoms. The summed E-state index contributed by atoms with van der Waals surface area (Å²) in [5.74, 6) is 1.27. The first-order valence-corrected chi connectivity index (χ1v) is 12.5. The van der Waals surface area contributed by atoms with E-state index in [1.807, 2.05) is 6.07 Å². The van der Waals surface area contributed by atoms with Gasteiger partial charge in [-0.1, -0.05) is 92.4 Å². The highest BCUT2D eigenvalue weighted by Crippen LogP contribution is 2.36. The number of benzene rings is 3. The van der Waals surface area contributed by atoms with Crippen LogP contribution in [-0.4, -0.2) is 18.3 Å². The number of rotatable bonds is 16. The van der Waals surface area contributed by atoms with E-state index in [4.69, 9.17) is 9.47 Å². The van der Waals surface area contributed by atoms with Crippen LogP contribution in [0.15, 0.2) is 78.9 Å². The van der Waals surface area contributed by atoms with Gasteiger partial charge in [-0.15, -0.1) is 0 Å². The number of phenols is 1. The van der Waals surface area contributed by atoms with E-state index in [-0.39, 0.29) is 5.75 Å². The molecule has 33 heavy (non-hydrogen) atoms. The molecular formula is C30H38O3. The number of phenolic OH excluding ortho intramolecular Hbond substituents is 1. The quantitative estimate of drug-likeness (QED) is 0.229. The first kappa shape index (κ1) is 24.7. The van der Waals surface area contributed by atoms with E-state index in [9.17, 15) is 5.11 Å². The van der Waals surface area contributed by atoms with E-state index in [2.05, 4.69) is 60.7 Å². The number of aromatic hydroxyl groups is 1. The molecule has 3 aromatic rings. The third kappa shape index (κ3) is 9.61. The molecule has 0 aromatic heterocycles.